The van der Waals surface area contributed by atoms with E-state index >= 15 is 0 Å². The second-order valence-corrected chi connectivity index (χ2v) is 7.84. The average molecular weight is 418 g/mol. The van der Waals surface area contributed by atoms with Gasteiger partial charge in [-0.2, -0.15) is 4.98 Å². The van der Waals surface area contributed by atoms with Crippen LogP contribution in [-0.4, -0.2) is 31.7 Å². The third kappa shape index (κ3) is 4.21. The maximum atomic E-state index is 12.5. The highest BCUT2D eigenvalue weighted by atomic mass is 32.2. The van der Waals surface area contributed by atoms with Crippen molar-refractivity contribution in [2.45, 2.75) is 31.8 Å². The van der Waals surface area contributed by atoms with Gasteiger partial charge in [-0.3, -0.25) is 4.79 Å². The Bertz CT molecular complexity index is 1190. The van der Waals surface area contributed by atoms with Gasteiger partial charge in [-0.05, 0) is 55.3 Å². The van der Waals surface area contributed by atoms with Gasteiger partial charge in [0.1, 0.15) is 0 Å². The van der Waals surface area contributed by atoms with Gasteiger partial charge in [0.25, 0.3) is 5.78 Å². The Morgan fingerprint density at radius 2 is 1.70 bits per heavy atom. The molecule has 6 nitrogen and oxygen atoms in total. The van der Waals surface area contributed by atoms with Crippen molar-refractivity contribution in [2.24, 2.45) is 0 Å². The second kappa shape index (κ2) is 8.67. The standard InChI is InChI=1S/C23H23N5OS/c1-15-20(16(2)28-22(24-15)26-23(27-28)30-3)13-14-21(29)25-19-11-9-18(10-12-19)17-7-5-4-6-8-17/h4-12H,13-14H2,1-3H3,(H,25,29). The molecule has 1 N–H and O–H groups in total. The Morgan fingerprint density at radius 3 is 2.40 bits per heavy atom. The second-order valence-electron chi connectivity index (χ2n) is 7.06. The van der Waals surface area contributed by atoms with E-state index in [0.29, 0.717) is 23.8 Å². The van der Waals surface area contributed by atoms with Crippen LogP contribution in [0, 0.1) is 13.8 Å². The number of carbonyl (C=O) groups excluding carboxylic acids is 1. The summed E-state index contributed by atoms with van der Waals surface area (Å²) < 4.78 is 1.76. The molecule has 0 aliphatic heterocycles. The summed E-state index contributed by atoms with van der Waals surface area (Å²) in [6.07, 6.45) is 2.91. The summed E-state index contributed by atoms with van der Waals surface area (Å²) >= 11 is 1.49. The Morgan fingerprint density at radius 1 is 1.00 bits per heavy atom. The number of hydrogen-bond acceptors (Lipinski definition) is 5. The minimum absolute atomic E-state index is 0.0234. The van der Waals surface area contributed by atoms with Crippen molar-refractivity contribution in [1.82, 2.24) is 19.6 Å². The quantitative estimate of drug-likeness (QED) is 0.460. The highest BCUT2D eigenvalue weighted by molar-refractivity contribution is 7.98. The van der Waals surface area contributed by atoms with Crippen LogP contribution in [-0.2, 0) is 11.2 Å². The summed E-state index contributed by atoms with van der Waals surface area (Å²) in [7, 11) is 0. The van der Waals surface area contributed by atoms with Crippen molar-refractivity contribution in [3.05, 3.63) is 71.5 Å². The molecule has 2 heterocycles. The van der Waals surface area contributed by atoms with E-state index in [-0.39, 0.29) is 5.91 Å². The van der Waals surface area contributed by atoms with Crippen LogP contribution in [0.15, 0.2) is 59.8 Å². The van der Waals surface area contributed by atoms with Gasteiger partial charge in [-0.15, -0.1) is 5.10 Å². The van der Waals surface area contributed by atoms with Gasteiger partial charge in [-0.1, -0.05) is 54.2 Å². The monoisotopic (exact) mass is 417 g/mol. The molecule has 30 heavy (non-hydrogen) atoms. The number of aromatic nitrogens is 4. The molecule has 1 amide bonds. The molecule has 152 valence electrons. The van der Waals surface area contributed by atoms with Gasteiger partial charge in [0.15, 0.2) is 0 Å². The molecule has 0 saturated carbocycles. The molecule has 0 aliphatic carbocycles. The van der Waals surface area contributed by atoms with Crippen molar-refractivity contribution in [3.8, 4) is 11.1 Å². The van der Waals surface area contributed by atoms with E-state index in [9.17, 15) is 4.79 Å². The topological polar surface area (TPSA) is 72.2 Å². The van der Waals surface area contributed by atoms with Crippen LogP contribution in [0.1, 0.15) is 23.4 Å². The first-order chi connectivity index (χ1) is 14.5. The smallest absolute Gasteiger partial charge is 0.253 e. The molecule has 4 aromatic rings. The number of fused-ring (bicyclic) bond motifs is 1. The highest BCUT2D eigenvalue weighted by Crippen LogP contribution is 2.22. The molecule has 0 fully saturated rings. The first-order valence-corrected chi connectivity index (χ1v) is 11.0. The normalized spacial score (nSPS) is 11.0. The van der Waals surface area contributed by atoms with E-state index in [4.69, 9.17) is 0 Å². The number of nitrogens with one attached hydrogen (secondary N) is 1. The number of benzene rings is 2. The molecule has 0 aliphatic rings. The Labute approximate surface area is 179 Å². The van der Waals surface area contributed by atoms with E-state index in [1.54, 1.807) is 4.52 Å². The third-order valence-electron chi connectivity index (χ3n) is 5.09. The number of amides is 1. The Balaban J connectivity index is 1.42. The third-order valence-corrected chi connectivity index (χ3v) is 5.63. The molecule has 4 rings (SSSR count). The number of hydrogen-bond donors (Lipinski definition) is 1. The van der Waals surface area contributed by atoms with E-state index in [0.717, 1.165) is 33.8 Å². The molecule has 0 bridgehead atoms. The number of thioether (sulfide) groups is 1. The minimum atomic E-state index is -0.0234. The Hall–Kier alpha value is -3.19. The number of carbonyl (C=O) groups is 1. The first kappa shape index (κ1) is 20.1. The molecule has 7 heteroatoms. The van der Waals surface area contributed by atoms with Crippen LogP contribution in [0.4, 0.5) is 5.69 Å². The van der Waals surface area contributed by atoms with Crippen LogP contribution in [0.3, 0.4) is 0 Å². The predicted octanol–water partition coefficient (Wildman–Crippen LogP) is 4.70. The average Bonchev–Trinajstić information content (AvgIpc) is 3.18. The van der Waals surface area contributed by atoms with Gasteiger partial charge >= 0.3 is 0 Å². The van der Waals surface area contributed by atoms with Gasteiger partial charge in [0, 0.05) is 23.5 Å². The Kier molecular flexibility index (Phi) is 5.81. The fraction of sp³-hybridized carbons (Fsp3) is 0.217. The molecule has 0 spiro atoms. The number of aryl methyl sites for hydroxylation is 2. The predicted molar refractivity (Wildman–Crippen MR) is 121 cm³/mol. The first-order valence-electron chi connectivity index (χ1n) is 9.77. The van der Waals surface area contributed by atoms with Gasteiger partial charge < -0.3 is 5.32 Å². The van der Waals surface area contributed by atoms with Crippen molar-refractivity contribution < 1.29 is 4.79 Å². The van der Waals surface area contributed by atoms with Crippen LogP contribution < -0.4 is 5.32 Å². The van der Waals surface area contributed by atoms with Gasteiger partial charge in [-0.25, -0.2) is 9.50 Å². The lowest BCUT2D eigenvalue weighted by atomic mass is 10.1. The fourth-order valence-corrected chi connectivity index (χ4v) is 3.81. The summed E-state index contributed by atoms with van der Waals surface area (Å²) in [6.45, 7) is 3.95. The lowest BCUT2D eigenvalue weighted by Crippen LogP contribution is -2.14. The number of nitrogens with zero attached hydrogens (tertiary/aromatic N) is 4. The largest absolute Gasteiger partial charge is 0.326 e. The van der Waals surface area contributed by atoms with Crippen LogP contribution in [0.2, 0.25) is 0 Å². The fourth-order valence-electron chi connectivity index (χ4n) is 3.48. The minimum Gasteiger partial charge on any atom is -0.326 e. The molecule has 2 aromatic carbocycles. The van der Waals surface area contributed by atoms with Crippen LogP contribution in [0.25, 0.3) is 16.9 Å². The summed E-state index contributed by atoms with van der Waals surface area (Å²) in [4.78, 5) is 21.5. The van der Waals surface area contributed by atoms with Gasteiger partial charge in [0.05, 0.1) is 0 Å². The van der Waals surface area contributed by atoms with Gasteiger partial charge in [0.2, 0.25) is 11.1 Å². The lowest BCUT2D eigenvalue weighted by Gasteiger charge is -2.11. The zero-order valence-electron chi connectivity index (χ0n) is 17.2. The zero-order valence-corrected chi connectivity index (χ0v) is 18.0. The zero-order chi connectivity index (χ0) is 21.1. The lowest BCUT2D eigenvalue weighted by molar-refractivity contribution is -0.116. The van der Waals surface area contributed by atoms with Crippen LogP contribution >= 0.6 is 11.8 Å². The number of rotatable bonds is 6. The summed E-state index contributed by atoms with van der Waals surface area (Å²) in [5.74, 6) is 0.575. The van der Waals surface area contributed by atoms with E-state index in [1.807, 2.05) is 62.6 Å². The van der Waals surface area contributed by atoms with E-state index < -0.39 is 0 Å². The van der Waals surface area contributed by atoms with Crippen molar-refractivity contribution in [2.75, 3.05) is 11.6 Å². The maximum absolute atomic E-state index is 12.5. The molecular formula is C23H23N5OS. The SMILES string of the molecule is CSc1nc2nc(C)c(CCC(=O)Nc3ccc(-c4ccccc4)cc3)c(C)n2n1. The number of anilines is 1. The summed E-state index contributed by atoms with van der Waals surface area (Å²) in [5.41, 5.74) is 5.97. The molecule has 0 unspecified atom stereocenters. The van der Waals surface area contributed by atoms with Crippen molar-refractivity contribution in [1.29, 1.82) is 0 Å². The van der Waals surface area contributed by atoms with Crippen molar-refractivity contribution in [3.63, 3.8) is 0 Å². The van der Waals surface area contributed by atoms with E-state index in [1.165, 1.54) is 11.8 Å². The van der Waals surface area contributed by atoms with Crippen molar-refractivity contribution >= 4 is 29.1 Å². The van der Waals surface area contributed by atoms with E-state index in [2.05, 4.69) is 32.5 Å². The maximum Gasteiger partial charge on any atom is 0.253 e. The molecule has 2 aromatic heterocycles. The highest BCUT2D eigenvalue weighted by Gasteiger charge is 2.14. The summed E-state index contributed by atoms with van der Waals surface area (Å²) in [6, 6.07) is 18.1. The summed E-state index contributed by atoms with van der Waals surface area (Å²) in [5, 5.41) is 8.14. The molecule has 0 radical (unpaired) electrons. The molecule has 0 atom stereocenters. The molecule has 0 saturated heterocycles. The van der Waals surface area contributed by atoms with Crippen LogP contribution in [0.5, 0.6) is 0 Å². The molecular weight excluding hydrogens is 394 g/mol.